The summed E-state index contributed by atoms with van der Waals surface area (Å²) in [4.78, 5) is 59.2. The highest BCUT2D eigenvalue weighted by atomic mass is 32.2. The van der Waals surface area contributed by atoms with E-state index in [4.69, 9.17) is 5.11 Å². The highest BCUT2D eigenvalue weighted by Gasteiger charge is 2.46. The second-order valence-corrected chi connectivity index (χ2v) is 9.89. The number of carboxylic acid groups (broad SMARTS) is 1. The number of carboxylic acids is 1. The Balaban J connectivity index is 3.38. The zero-order valence-corrected chi connectivity index (χ0v) is 16.5. The predicted molar refractivity (Wildman–Crippen MR) is 92.5 cm³/mol. The first-order valence-electron chi connectivity index (χ1n) is 7.71. The maximum absolute atomic E-state index is 12.8. The van der Waals surface area contributed by atoms with Crippen LogP contribution in [0.3, 0.4) is 0 Å². The predicted octanol–water partition coefficient (Wildman–Crippen LogP) is 0.0160. The molecule has 11 nitrogen and oxygen atoms in total. The van der Waals surface area contributed by atoms with E-state index in [2.05, 4.69) is 0 Å². The zero-order chi connectivity index (χ0) is 21.2. The highest BCUT2D eigenvalue weighted by molar-refractivity contribution is 8.14. The first-order chi connectivity index (χ1) is 12.2. The first kappa shape index (κ1) is 23.0. The van der Waals surface area contributed by atoms with Gasteiger partial charge in [0.2, 0.25) is 17.7 Å². The van der Waals surface area contributed by atoms with E-state index >= 15 is 0 Å². The monoisotopic (exact) mass is 424 g/mol. The van der Waals surface area contributed by atoms with Crippen LogP contribution in [0.2, 0.25) is 0 Å². The van der Waals surface area contributed by atoms with Gasteiger partial charge in [0.05, 0.1) is 6.42 Å². The summed E-state index contributed by atoms with van der Waals surface area (Å²) in [6.07, 6.45) is -2.33. The maximum Gasteiger partial charge on any atom is 0.306 e. The van der Waals surface area contributed by atoms with Crippen molar-refractivity contribution < 1.29 is 42.0 Å². The molecule has 0 saturated carbocycles. The van der Waals surface area contributed by atoms with Gasteiger partial charge in [0.1, 0.15) is 0 Å². The van der Waals surface area contributed by atoms with Gasteiger partial charge < -0.3 is 5.11 Å². The number of hydrogen-bond acceptors (Lipinski definition) is 8. The largest absolute Gasteiger partial charge is 0.481 e. The third-order valence-corrected chi connectivity index (χ3v) is 5.50. The van der Waals surface area contributed by atoms with Crippen molar-refractivity contribution in [2.24, 2.45) is 0 Å². The van der Waals surface area contributed by atoms with Crippen molar-refractivity contribution in [3.63, 3.8) is 0 Å². The quantitative estimate of drug-likeness (QED) is 0.400. The molecule has 1 fully saturated rings. The lowest BCUT2D eigenvalue weighted by atomic mass is 10.1. The number of hydrogen-bond donors (Lipinski definition) is 2. The number of carbonyl (C=O) groups is 5. The zero-order valence-electron chi connectivity index (χ0n) is 14.9. The van der Waals surface area contributed by atoms with Crippen molar-refractivity contribution in [1.82, 2.24) is 10.0 Å². The van der Waals surface area contributed by atoms with Gasteiger partial charge in [-0.25, -0.2) is 5.01 Å². The van der Waals surface area contributed by atoms with Gasteiger partial charge in [0.25, 0.3) is 10.1 Å². The summed E-state index contributed by atoms with van der Waals surface area (Å²) < 4.78 is 31.8. The molecule has 1 heterocycles. The van der Waals surface area contributed by atoms with Crippen molar-refractivity contribution in [3.05, 3.63) is 0 Å². The molecule has 1 aliphatic rings. The molecular weight excluding hydrogens is 404 g/mol. The molecule has 0 aromatic carbocycles. The number of thioether (sulfide) groups is 1. The summed E-state index contributed by atoms with van der Waals surface area (Å²) in [7, 11) is -5.16. The lowest BCUT2D eigenvalue weighted by molar-refractivity contribution is -0.171. The van der Waals surface area contributed by atoms with Gasteiger partial charge in [-0.05, 0) is 13.8 Å². The third-order valence-electron chi connectivity index (χ3n) is 3.46. The third kappa shape index (κ3) is 6.29. The topological polar surface area (TPSA) is 166 Å². The summed E-state index contributed by atoms with van der Waals surface area (Å²) in [5, 5.41) is 6.70. The van der Waals surface area contributed by atoms with E-state index in [1.807, 2.05) is 0 Å². The van der Waals surface area contributed by atoms with Gasteiger partial charge in [0.15, 0.2) is 10.5 Å². The molecule has 0 aromatic rings. The van der Waals surface area contributed by atoms with E-state index in [0.717, 1.165) is 11.8 Å². The molecule has 0 aromatic heterocycles. The van der Waals surface area contributed by atoms with Crippen molar-refractivity contribution in [3.8, 4) is 0 Å². The Morgan fingerprint density at radius 3 is 2.07 bits per heavy atom. The minimum atomic E-state index is -5.16. The molecule has 27 heavy (non-hydrogen) atoms. The molecule has 0 bridgehead atoms. The van der Waals surface area contributed by atoms with E-state index in [9.17, 15) is 36.9 Å². The number of imide groups is 1. The number of rotatable bonds is 8. The summed E-state index contributed by atoms with van der Waals surface area (Å²) in [5.41, 5.74) is 0. The molecule has 2 N–H and O–H groups in total. The molecule has 0 aliphatic carbocycles. The SMILES string of the molecule is CC(=O)SC(C)(C)CC(=O)N([C@@H](CC(=O)O)S(=O)(=O)O)N1C(=O)CCC1=O. The first-order valence-corrected chi connectivity index (χ1v) is 10.0. The molecule has 1 saturated heterocycles. The van der Waals surface area contributed by atoms with Crippen LogP contribution in [0.1, 0.15) is 46.5 Å². The van der Waals surface area contributed by atoms with Crippen LogP contribution < -0.4 is 0 Å². The van der Waals surface area contributed by atoms with Crippen molar-refractivity contribution in [2.75, 3.05) is 0 Å². The molecule has 1 atom stereocenters. The van der Waals surface area contributed by atoms with Gasteiger partial charge in [-0.3, -0.25) is 28.5 Å². The van der Waals surface area contributed by atoms with E-state index in [0.29, 0.717) is 0 Å². The van der Waals surface area contributed by atoms with E-state index in [-0.39, 0.29) is 28.0 Å². The van der Waals surface area contributed by atoms with Crippen LogP contribution in [0.5, 0.6) is 0 Å². The summed E-state index contributed by atoms with van der Waals surface area (Å²) in [6.45, 7) is 4.26. The molecule has 0 spiro atoms. The fourth-order valence-electron chi connectivity index (χ4n) is 2.54. The van der Waals surface area contributed by atoms with Crippen molar-refractivity contribution in [1.29, 1.82) is 0 Å². The lowest BCUT2D eigenvalue weighted by Gasteiger charge is -2.36. The second kappa shape index (κ2) is 8.35. The molecule has 152 valence electrons. The highest BCUT2D eigenvalue weighted by Crippen LogP contribution is 2.31. The Morgan fingerprint density at radius 2 is 1.70 bits per heavy atom. The van der Waals surface area contributed by atoms with Crippen LogP contribution >= 0.6 is 11.8 Å². The fraction of sp³-hybridized carbons (Fsp3) is 0.643. The van der Waals surface area contributed by atoms with Crippen LogP contribution in [0.25, 0.3) is 0 Å². The van der Waals surface area contributed by atoms with E-state index < -0.39 is 56.8 Å². The number of hydrazine groups is 1. The molecule has 0 radical (unpaired) electrons. The van der Waals surface area contributed by atoms with Crippen LogP contribution in [-0.2, 0) is 34.1 Å². The minimum Gasteiger partial charge on any atom is -0.481 e. The van der Waals surface area contributed by atoms with Crippen LogP contribution in [0.4, 0.5) is 0 Å². The number of amides is 3. The Morgan fingerprint density at radius 1 is 1.22 bits per heavy atom. The average molecular weight is 424 g/mol. The summed E-state index contributed by atoms with van der Waals surface area (Å²) >= 11 is 0.777. The Bertz CT molecular complexity index is 759. The number of carbonyl (C=O) groups excluding carboxylic acids is 4. The van der Waals surface area contributed by atoms with Gasteiger partial charge in [-0.1, -0.05) is 11.8 Å². The maximum atomic E-state index is 12.8. The standard InChI is InChI=1S/C14H20N2O9S2/c1-8(17)26-14(2,3)7-11(20)16(15-9(18)4-5-10(15)19)12(6-13(21)22)27(23,24)25/h12H,4-7H2,1-3H3,(H,21,22)(H,23,24,25)/t12-/m1/s1. The fourth-order valence-corrected chi connectivity index (χ4v) is 4.33. The molecule has 1 aliphatic heterocycles. The minimum absolute atomic E-state index is 0.184. The Kier molecular flexibility index (Phi) is 7.13. The molecule has 0 unspecified atom stereocenters. The van der Waals surface area contributed by atoms with Gasteiger partial charge in [0, 0.05) is 30.9 Å². The van der Waals surface area contributed by atoms with Gasteiger partial charge >= 0.3 is 5.97 Å². The van der Waals surface area contributed by atoms with Crippen molar-refractivity contribution >= 4 is 50.7 Å². The summed E-state index contributed by atoms with van der Waals surface area (Å²) in [5.74, 6) is -4.57. The summed E-state index contributed by atoms with van der Waals surface area (Å²) in [6, 6.07) is 0. The van der Waals surface area contributed by atoms with Gasteiger partial charge in [-0.2, -0.15) is 13.4 Å². The Labute approximate surface area is 159 Å². The number of aliphatic carboxylic acids is 1. The smallest absolute Gasteiger partial charge is 0.306 e. The second-order valence-electron chi connectivity index (χ2n) is 6.44. The van der Waals surface area contributed by atoms with Crippen LogP contribution in [-0.4, -0.2) is 67.0 Å². The molecule has 1 rings (SSSR count). The average Bonchev–Trinajstić information content (AvgIpc) is 2.75. The molecule has 3 amide bonds. The van der Waals surface area contributed by atoms with Crippen LogP contribution in [0, 0.1) is 0 Å². The molecular formula is C14H20N2O9S2. The lowest BCUT2D eigenvalue weighted by Crippen LogP contribution is -2.58. The van der Waals surface area contributed by atoms with E-state index in [1.165, 1.54) is 20.8 Å². The van der Waals surface area contributed by atoms with Gasteiger partial charge in [-0.15, -0.1) is 0 Å². The van der Waals surface area contributed by atoms with E-state index in [1.54, 1.807) is 0 Å². The number of nitrogens with zero attached hydrogens (tertiary/aromatic N) is 2. The van der Waals surface area contributed by atoms with Crippen LogP contribution in [0.15, 0.2) is 0 Å². The molecule has 13 heteroatoms. The normalized spacial score (nSPS) is 16.4. The Hall–Kier alpha value is -1.99. The van der Waals surface area contributed by atoms with Crippen molar-refractivity contribution in [2.45, 2.75) is 56.6 Å².